The molecule has 0 bridgehead atoms. The van der Waals surface area contributed by atoms with Crippen molar-refractivity contribution >= 4 is 16.7 Å². The predicted octanol–water partition coefficient (Wildman–Crippen LogP) is 3.24. The number of halogens is 1. The molecule has 0 spiro atoms. The molecular formula is C13H11FO2. The van der Waals surface area contributed by atoms with Gasteiger partial charge in [0, 0.05) is 0 Å². The predicted molar refractivity (Wildman–Crippen MR) is 60.2 cm³/mol. The van der Waals surface area contributed by atoms with Crippen LogP contribution in [0.5, 0.6) is 0 Å². The highest BCUT2D eigenvalue weighted by molar-refractivity contribution is 5.95. The molecule has 0 heterocycles. The Morgan fingerprint density at radius 1 is 1.31 bits per heavy atom. The van der Waals surface area contributed by atoms with Gasteiger partial charge in [0.1, 0.15) is 5.82 Å². The fourth-order valence-electron chi connectivity index (χ4n) is 1.86. The number of aryl methyl sites for hydroxylation is 1. The minimum Gasteiger partial charge on any atom is -0.478 e. The maximum atomic E-state index is 13.5. The van der Waals surface area contributed by atoms with E-state index in [4.69, 9.17) is 5.11 Å². The van der Waals surface area contributed by atoms with Gasteiger partial charge in [-0.05, 0) is 41.0 Å². The maximum absolute atomic E-state index is 13.5. The number of hydrogen-bond acceptors (Lipinski definition) is 1. The summed E-state index contributed by atoms with van der Waals surface area (Å²) in [6, 6.07) is 7.73. The number of carboxylic acids is 1. The molecule has 0 aromatic heterocycles. The van der Waals surface area contributed by atoms with E-state index in [0.717, 1.165) is 10.8 Å². The quantitative estimate of drug-likeness (QED) is 0.840. The van der Waals surface area contributed by atoms with Crippen LogP contribution in [0, 0.1) is 5.82 Å². The van der Waals surface area contributed by atoms with E-state index in [-0.39, 0.29) is 11.4 Å². The van der Waals surface area contributed by atoms with Crippen LogP contribution in [0.15, 0.2) is 30.3 Å². The average Bonchev–Trinajstić information content (AvgIpc) is 2.28. The molecule has 0 unspecified atom stereocenters. The smallest absolute Gasteiger partial charge is 0.335 e. The third-order valence-electron chi connectivity index (χ3n) is 2.67. The molecule has 0 aliphatic rings. The van der Waals surface area contributed by atoms with Gasteiger partial charge in [-0.25, -0.2) is 9.18 Å². The number of carbonyl (C=O) groups is 1. The molecule has 16 heavy (non-hydrogen) atoms. The van der Waals surface area contributed by atoms with Crippen LogP contribution in [-0.2, 0) is 6.42 Å². The molecule has 0 fully saturated rings. The second-order valence-corrected chi connectivity index (χ2v) is 3.62. The molecule has 0 aliphatic heterocycles. The minimum absolute atomic E-state index is 0.223. The summed E-state index contributed by atoms with van der Waals surface area (Å²) in [6.45, 7) is 1.88. The van der Waals surface area contributed by atoms with Gasteiger partial charge in [0.15, 0.2) is 0 Å². The fourth-order valence-corrected chi connectivity index (χ4v) is 1.86. The van der Waals surface area contributed by atoms with Gasteiger partial charge in [-0.1, -0.05) is 19.1 Å². The summed E-state index contributed by atoms with van der Waals surface area (Å²) in [7, 11) is 0. The van der Waals surface area contributed by atoms with Gasteiger partial charge in [0.05, 0.1) is 5.56 Å². The van der Waals surface area contributed by atoms with Gasteiger partial charge in [0.2, 0.25) is 0 Å². The first-order valence-corrected chi connectivity index (χ1v) is 5.08. The highest BCUT2D eigenvalue weighted by atomic mass is 19.1. The molecule has 82 valence electrons. The number of aromatic carboxylic acids is 1. The molecule has 0 saturated heterocycles. The van der Waals surface area contributed by atoms with Crippen molar-refractivity contribution in [3.8, 4) is 0 Å². The second-order valence-electron chi connectivity index (χ2n) is 3.62. The van der Waals surface area contributed by atoms with E-state index in [0.29, 0.717) is 12.0 Å². The molecule has 0 aliphatic carbocycles. The van der Waals surface area contributed by atoms with Crippen LogP contribution in [-0.4, -0.2) is 11.1 Å². The fraction of sp³-hybridized carbons (Fsp3) is 0.154. The molecular weight excluding hydrogens is 207 g/mol. The van der Waals surface area contributed by atoms with Crippen LogP contribution in [0.25, 0.3) is 10.8 Å². The summed E-state index contributed by atoms with van der Waals surface area (Å²) >= 11 is 0. The molecule has 2 aromatic carbocycles. The van der Waals surface area contributed by atoms with E-state index in [2.05, 4.69) is 0 Å². The molecule has 0 atom stereocenters. The zero-order valence-corrected chi connectivity index (χ0v) is 8.83. The maximum Gasteiger partial charge on any atom is 0.335 e. The molecule has 0 saturated carbocycles. The normalized spacial score (nSPS) is 10.6. The van der Waals surface area contributed by atoms with E-state index < -0.39 is 5.97 Å². The van der Waals surface area contributed by atoms with E-state index >= 15 is 0 Å². The molecule has 2 aromatic rings. The van der Waals surface area contributed by atoms with Crippen LogP contribution in [0.1, 0.15) is 22.8 Å². The zero-order valence-electron chi connectivity index (χ0n) is 8.83. The van der Waals surface area contributed by atoms with Gasteiger partial charge >= 0.3 is 5.97 Å². The third-order valence-corrected chi connectivity index (χ3v) is 2.67. The Balaban J connectivity index is 2.73. The highest BCUT2D eigenvalue weighted by Gasteiger charge is 2.08. The van der Waals surface area contributed by atoms with Gasteiger partial charge < -0.3 is 5.11 Å². The van der Waals surface area contributed by atoms with Crippen molar-refractivity contribution in [2.45, 2.75) is 13.3 Å². The first-order valence-electron chi connectivity index (χ1n) is 5.08. The number of hydrogen-bond donors (Lipinski definition) is 1. The third kappa shape index (κ3) is 1.65. The van der Waals surface area contributed by atoms with Crippen molar-refractivity contribution < 1.29 is 14.3 Å². The van der Waals surface area contributed by atoms with Crippen molar-refractivity contribution in [2.75, 3.05) is 0 Å². The molecule has 3 heteroatoms. The molecule has 2 nitrogen and oxygen atoms in total. The Morgan fingerprint density at radius 3 is 2.69 bits per heavy atom. The summed E-state index contributed by atoms with van der Waals surface area (Å²) in [5, 5.41) is 10.4. The monoisotopic (exact) mass is 218 g/mol. The summed E-state index contributed by atoms with van der Waals surface area (Å²) in [6.07, 6.45) is 0.593. The standard InChI is InChI=1S/C13H11FO2/c1-2-10-11-5-3-9(13(15)16)7-8(11)4-6-12(10)14/h3-7H,2H2,1H3,(H,15,16). The molecule has 1 N–H and O–H groups in total. The Kier molecular flexibility index (Phi) is 2.60. The highest BCUT2D eigenvalue weighted by Crippen LogP contribution is 2.23. The second kappa shape index (κ2) is 3.93. The van der Waals surface area contributed by atoms with E-state index in [1.54, 1.807) is 18.2 Å². The first-order chi connectivity index (χ1) is 7.63. The lowest BCUT2D eigenvalue weighted by Gasteiger charge is -2.06. The number of benzene rings is 2. The minimum atomic E-state index is -0.968. The van der Waals surface area contributed by atoms with Crippen molar-refractivity contribution in [3.63, 3.8) is 0 Å². The Labute approximate surface area is 92.3 Å². The van der Waals surface area contributed by atoms with Crippen LogP contribution in [0.4, 0.5) is 4.39 Å². The van der Waals surface area contributed by atoms with Gasteiger partial charge in [-0.15, -0.1) is 0 Å². The average molecular weight is 218 g/mol. The van der Waals surface area contributed by atoms with Gasteiger partial charge in [0.25, 0.3) is 0 Å². The summed E-state index contributed by atoms with van der Waals surface area (Å²) < 4.78 is 13.5. The van der Waals surface area contributed by atoms with Crippen LogP contribution >= 0.6 is 0 Å². The number of fused-ring (bicyclic) bond motifs is 1. The van der Waals surface area contributed by atoms with Crippen LogP contribution in [0.2, 0.25) is 0 Å². The Morgan fingerprint density at radius 2 is 2.06 bits per heavy atom. The summed E-state index contributed by atoms with van der Waals surface area (Å²) in [4.78, 5) is 10.8. The molecule has 0 amide bonds. The number of rotatable bonds is 2. The number of carboxylic acid groups (broad SMARTS) is 1. The van der Waals surface area contributed by atoms with Gasteiger partial charge in [-0.3, -0.25) is 0 Å². The van der Waals surface area contributed by atoms with Gasteiger partial charge in [-0.2, -0.15) is 0 Å². The Bertz CT molecular complexity index is 561. The van der Waals surface area contributed by atoms with Crippen LogP contribution in [0.3, 0.4) is 0 Å². The first kappa shape index (κ1) is 10.6. The van der Waals surface area contributed by atoms with Crippen molar-refractivity contribution in [2.24, 2.45) is 0 Å². The van der Waals surface area contributed by atoms with Crippen molar-refractivity contribution in [1.29, 1.82) is 0 Å². The lowest BCUT2D eigenvalue weighted by Crippen LogP contribution is -1.97. The zero-order chi connectivity index (χ0) is 11.7. The lowest BCUT2D eigenvalue weighted by atomic mass is 10.00. The van der Waals surface area contributed by atoms with Crippen molar-refractivity contribution in [1.82, 2.24) is 0 Å². The summed E-state index contributed by atoms with van der Waals surface area (Å²) in [5.41, 5.74) is 0.857. The molecule has 2 rings (SSSR count). The molecule has 0 radical (unpaired) electrons. The van der Waals surface area contributed by atoms with E-state index in [9.17, 15) is 9.18 Å². The lowest BCUT2D eigenvalue weighted by molar-refractivity contribution is 0.0697. The van der Waals surface area contributed by atoms with Crippen molar-refractivity contribution in [3.05, 3.63) is 47.3 Å². The summed E-state index contributed by atoms with van der Waals surface area (Å²) in [5.74, 6) is -1.21. The SMILES string of the molecule is CCc1c(F)ccc2cc(C(=O)O)ccc12. The van der Waals surface area contributed by atoms with E-state index in [1.807, 2.05) is 6.92 Å². The van der Waals surface area contributed by atoms with Crippen LogP contribution < -0.4 is 0 Å². The topological polar surface area (TPSA) is 37.3 Å². The van der Waals surface area contributed by atoms with E-state index in [1.165, 1.54) is 12.1 Å². The largest absolute Gasteiger partial charge is 0.478 e. The Hall–Kier alpha value is -1.90.